The van der Waals surface area contributed by atoms with E-state index in [1.165, 1.54) is 70.6 Å². The molecule has 3 nitrogen and oxygen atoms in total. The minimum Gasteiger partial charge on any atom is -0.343 e. The molecule has 138 valence electrons. The second-order valence-electron chi connectivity index (χ2n) is 6.70. The van der Waals surface area contributed by atoms with Crippen LogP contribution in [0.2, 0.25) is 0 Å². The summed E-state index contributed by atoms with van der Waals surface area (Å²) in [7, 11) is 0. The molecule has 0 aromatic heterocycles. The van der Waals surface area contributed by atoms with Gasteiger partial charge in [-0.05, 0) is 19.5 Å². The summed E-state index contributed by atoms with van der Waals surface area (Å²) < 4.78 is 0. The van der Waals surface area contributed by atoms with Gasteiger partial charge in [0.25, 0.3) is 0 Å². The molecule has 0 aromatic rings. The summed E-state index contributed by atoms with van der Waals surface area (Å²) in [4.78, 5) is 13.9. The maximum absolute atomic E-state index is 11.7. The Morgan fingerprint density at radius 3 is 1.57 bits per heavy atom. The highest BCUT2D eigenvalue weighted by molar-refractivity contribution is 5.75. The molecule has 0 heterocycles. The third kappa shape index (κ3) is 16.1. The molecule has 0 aliphatic carbocycles. The summed E-state index contributed by atoms with van der Waals surface area (Å²) in [6, 6.07) is 0. The lowest BCUT2D eigenvalue weighted by atomic mass is 10.0. The molecule has 23 heavy (non-hydrogen) atoms. The molecule has 1 amide bonds. The number of rotatable bonds is 17. The van der Waals surface area contributed by atoms with Crippen LogP contribution in [0.3, 0.4) is 0 Å². The second kappa shape index (κ2) is 17.8. The van der Waals surface area contributed by atoms with Crippen LogP contribution in [0.15, 0.2) is 0 Å². The Balaban J connectivity index is 3.22. The van der Waals surface area contributed by atoms with Crippen molar-refractivity contribution in [3.63, 3.8) is 0 Å². The van der Waals surface area contributed by atoms with Crippen LogP contribution >= 0.6 is 0 Å². The first-order valence-corrected chi connectivity index (χ1v) is 10.2. The number of hydrogen-bond acceptors (Lipinski definition) is 2. The van der Waals surface area contributed by atoms with Crippen LogP contribution in [0, 0.1) is 0 Å². The van der Waals surface area contributed by atoms with Gasteiger partial charge in [-0.3, -0.25) is 9.69 Å². The lowest BCUT2D eigenvalue weighted by molar-refractivity contribution is -0.121. The Morgan fingerprint density at radius 2 is 1.13 bits per heavy atom. The number of nitrogens with zero attached hydrogens (tertiary/aromatic N) is 1. The molecule has 0 atom stereocenters. The van der Waals surface area contributed by atoms with E-state index < -0.39 is 0 Å². The van der Waals surface area contributed by atoms with E-state index in [0.29, 0.717) is 13.1 Å². The van der Waals surface area contributed by atoms with E-state index in [9.17, 15) is 4.79 Å². The fraction of sp³-hybridized carbons (Fsp3) is 0.950. The molecule has 1 N–H and O–H groups in total. The fourth-order valence-corrected chi connectivity index (χ4v) is 2.86. The molecule has 0 saturated carbocycles. The van der Waals surface area contributed by atoms with Crippen molar-refractivity contribution in [3.8, 4) is 0 Å². The highest BCUT2D eigenvalue weighted by atomic mass is 16.1. The van der Waals surface area contributed by atoms with Crippen molar-refractivity contribution in [2.75, 3.05) is 19.8 Å². The summed E-state index contributed by atoms with van der Waals surface area (Å²) in [5, 5.41) is 3.01. The summed E-state index contributed by atoms with van der Waals surface area (Å²) in [6.45, 7) is 9.21. The molecule has 0 radical (unpaired) electrons. The molecular weight excluding hydrogens is 284 g/mol. The van der Waals surface area contributed by atoms with Gasteiger partial charge in [0, 0.05) is 6.42 Å². The molecule has 3 heteroatoms. The van der Waals surface area contributed by atoms with Gasteiger partial charge < -0.3 is 5.32 Å². The van der Waals surface area contributed by atoms with Crippen molar-refractivity contribution in [2.24, 2.45) is 0 Å². The van der Waals surface area contributed by atoms with Crippen molar-refractivity contribution in [1.82, 2.24) is 10.2 Å². The largest absolute Gasteiger partial charge is 0.343 e. The van der Waals surface area contributed by atoms with Gasteiger partial charge in [-0.15, -0.1) is 0 Å². The van der Waals surface area contributed by atoms with Gasteiger partial charge in [-0.2, -0.15) is 0 Å². The van der Waals surface area contributed by atoms with Crippen molar-refractivity contribution in [2.45, 2.75) is 104 Å². The third-order valence-electron chi connectivity index (χ3n) is 4.65. The first kappa shape index (κ1) is 22.4. The number of nitrogens with one attached hydrogen (secondary N) is 1. The van der Waals surface area contributed by atoms with Crippen molar-refractivity contribution in [1.29, 1.82) is 0 Å². The maximum atomic E-state index is 11.7. The Kier molecular flexibility index (Phi) is 17.3. The quantitative estimate of drug-likeness (QED) is 0.283. The number of hydrogen-bond donors (Lipinski definition) is 1. The Labute approximate surface area is 145 Å². The molecular formula is C20H42N2O. The molecule has 0 aliphatic heterocycles. The summed E-state index contributed by atoms with van der Waals surface area (Å²) in [5.41, 5.74) is 0. The predicted molar refractivity (Wildman–Crippen MR) is 102 cm³/mol. The van der Waals surface area contributed by atoms with Crippen LogP contribution in [0.1, 0.15) is 104 Å². The first-order chi connectivity index (χ1) is 11.2. The van der Waals surface area contributed by atoms with Crippen LogP contribution in [0.5, 0.6) is 0 Å². The van der Waals surface area contributed by atoms with Crippen molar-refractivity contribution in [3.05, 3.63) is 0 Å². The SMILES string of the molecule is CCCCCCCCCCCCCCC(=O)NCN(CC)CC. The van der Waals surface area contributed by atoms with E-state index in [4.69, 9.17) is 0 Å². The number of carbonyl (C=O) groups excluding carboxylic acids is 1. The van der Waals surface area contributed by atoms with E-state index in [0.717, 1.165) is 19.5 Å². The van der Waals surface area contributed by atoms with Gasteiger partial charge in [0.1, 0.15) is 0 Å². The van der Waals surface area contributed by atoms with Gasteiger partial charge in [0.2, 0.25) is 5.91 Å². The van der Waals surface area contributed by atoms with Crippen LogP contribution in [0.4, 0.5) is 0 Å². The zero-order valence-corrected chi connectivity index (χ0v) is 16.2. The Hall–Kier alpha value is -0.570. The van der Waals surface area contributed by atoms with E-state index in [1.807, 2.05) is 0 Å². The number of unbranched alkanes of at least 4 members (excludes halogenated alkanes) is 11. The van der Waals surface area contributed by atoms with Crippen LogP contribution < -0.4 is 5.32 Å². The van der Waals surface area contributed by atoms with E-state index >= 15 is 0 Å². The highest BCUT2D eigenvalue weighted by Crippen LogP contribution is 2.12. The minimum absolute atomic E-state index is 0.212. The van der Waals surface area contributed by atoms with Crippen LogP contribution in [-0.4, -0.2) is 30.6 Å². The average molecular weight is 327 g/mol. The Bertz CT molecular complexity index is 252. The number of carbonyl (C=O) groups is 1. The second-order valence-corrected chi connectivity index (χ2v) is 6.70. The summed E-state index contributed by atoms with van der Waals surface area (Å²) in [5.74, 6) is 0.212. The van der Waals surface area contributed by atoms with Crippen molar-refractivity contribution >= 4 is 5.91 Å². The minimum atomic E-state index is 0.212. The first-order valence-electron chi connectivity index (χ1n) is 10.2. The zero-order valence-electron chi connectivity index (χ0n) is 16.2. The molecule has 0 aliphatic rings. The lowest BCUT2D eigenvalue weighted by Gasteiger charge is -2.18. The van der Waals surface area contributed by atoms with Crippen LogP contribution in [-0.2, 0) is 4.79 Å². The van der Waals surface area contributed by atoms with E-state index in [1.54, 1.807) is 0 Å². The predicted octanol–water partition coefficient (Wildman–Crippen LogP) is 5.49. The van der Waals surface area contributed by atoms with Crippen molar-refractivity contribution < 1.29 is 4.79 Å². The zero-order chi connectivity index (χ0) is 17.2. The van der Waals surface area contributed by atoms with Gasteiger partial charge in [0.15, 0.2) is 0 Å². The van der Waals surface area contributed by atoms with Gasteiger partial charge in [-0.25, -0.2) is 0 Å². The van der Waals surface area contributed by atoms with E-state index in [2.05, 4.69) is 31.0 Å². The molecule has 0 bridgehead atoms. The summed E-state index contributed by atoms with van der Waals surface area (Å²) in [6.07, 6.45) is 16.8. The standard InChI is InChI=1S/C20H42N2O/c1-4-7-8-9-10-11-12-13-14-15-16-17-18-20(23)21-19-22(5-2)6-3/h4-19H2,1-3H3,(H,21,23). The maximum Gasteiger partial charge on any atom is 0.220 e. The monoisotopic (exact) mass is 326 g/mol. The van der Waals surface area contributed by atoms with Gasteiger partial charge >= 0.3 is 0 Å². The fourth-order valence-electron chi connectivity index (χ4n) is 2.86. The molecule has 0 fully saturated rings. The Morgan fingerprint density at radius 1 is 0.696 bits per heavy atom. The molecule has 0 aromatic carbocycles. The average Bonchev–Trinajstić information content (AvgIpc) is 2.56. The summed E-state index contributed by atoms with van der Waals surface area (Å²) >= 11 is 0. The van der Waals surface area contributed by atoms with Gasteiger partial charge in [0.05, 0.1) is 6.67 Å². The topological polar surface area (TPSA) is 32.3 Å². The molecule has 0 unspecified atom stereocenters. The molecule has 0 rings (SSSR count). The normalized spacial score (nSPS) is 11.1. The highest BCUT2D eigenvalue weighted by Gasteiger charge is 2.03. The van der Waals surface area contributed by atoms with E-state index in [-0.39, 0.29) is 5.91 Å². The third-order valence-corrected chi connectivity index (χ3v) is 4.65. The molecule has 0 saturated heterocycles. The van der Waals surface area contributed by atoms with Gasteiger partial charge in [-0.1, -0.05) is 91.4 Å². The lowest BCUT2D eigenvalue weighted by Crippen LogP contribution is -2.37. The molecule has 0 spiro atoms. The van der Waals surface area contributed by atoms with Crippen LogP contribution in [0.25, 0.3) is 0 Å². The smallest absolute Gasteiger partial charge is 0.220 e. The number of amides is 1.